The summed E-state index contributed by atoms with van der Waals surface area (Å²) in [4.78, 5) is 24.1. The van der Waals surface area contributed by atoms with Crippen molar-refractivity contribution in [2.75, 3.05) is 20.1 Å². The van der Waals surface area contributed by atoms with E-state index in [1.807, 2.05) is 47.2 Å². The Morgan fingerprint density at radius 2 is 2.00 bits per heavy atom. The topological polar surface area (TPSA) is 82.0 Å². The molecule has 33 heavy (non-hydrogen) atoms. The second kappa shape index (κ2) is 10.4. The lowest BCUT2D eigenvalue weighted by molar-refractivity contribution is 0.252. The monoisotopic (exact) mass is 442 g/mol. The van der Waals surface area contributed by atoms with Crippen LogP contribution in [0.2, 0.25) is 0 Å². The number of likely N-dealkylation sites (N-methyl/N-ethyl adjacent to an activating group) is 1. The summed E-state index contributed by atoms with van der Waals surface area (Å²) in [7, 11) is 2.12. The summed E-state index contributed by atoms with van der Waals surface area (Å²) in [5, 5.41) is 2.15. The molecule has 4 aromatic rings. The molecule has 2 N–H and O–H groups in total. The van der Waals surface area contributed by atoms with E-state index < -0.39 is 0 Å². The van der Waals surface area contributed by atoms with Gasteiger partial charge in [-0.15, -0.1) is 5.92 Å². The largest absolute Gasteiger partial charge is 0.330 e. The van der Waals surface area contributed by atoms with Gasteiger partial charge >= 0.3 is 0 Å². The smallest absolute Gasteiger partial charge is 0.278 e. The minimum absolute atomic E-state index is 0.0809. The predicted molar refractivity (Wildman–Crippen MR) is 133 cm³/mol. The molecular weight excluding hydrogens is 412 g/mol. The van der Waals surface area contributed by atoms with E-state index in [-0.39, 0.29) is 5.56 Å². The standard InChI is InChI=1S/C20H16N4O.C6H14N2/c1-2-3-11-23-12-9-17-19(23)20(25)24(14-22-17)13-18-16-7-5-4-6-15(16)8-10-21-18;1-8-4-2-3-6(7)5-8/h4-10,12,14H,11,13H2,1H3;6H,2-5,7H2,1H3. The first-order valence-electron chi connectivity index (χ1n) is 11.3. The van der Waals surface area contributed by atoms with Gasteiger partial charge in [-0.1, -0.05) is 30.2 Å². The predicted octanol–water partition coefficient (Wildman–Crippen LogP) is 2.86. The number of hydrogen-bond donors (Lipinski definition) is 1. The van der Waals surface area contributed by atoms with Crippen LogP contribution in [0.25, 0.3) is 21.8 Å². The molecule has 1 saturated heterocycles. The molecule has 7 heteroatoms. The molecule has 170 valence electrons. The SMILES string of the molecule is CC#CCn1ccc2ncn(Cc3nccc4ccccc34)c(=O)c21.CN1CCCC(N)C1. The molecule has 1 fully saturated rings. The van der Waals surface area contributed by atoms with Gasteiger partial charge in [0.15, 0.2) is 0 Å². The number of nitrogens with zero attached hydrogens (tertiary/aromatic N) is 5. The Morgan fingerprint density at radius 1 is 1.15 bits per heavy atom. The van der Waals surface area contributed by atoms with Crippen LogP contribution in [-0.2, 0) is 13.1 Å². The molecule has 1 aliphatic heterocycles. The third kappa shape index (κ3) is 5.30. The van der Waals surface area contributed by atoms with E-state index in [1.165, 1.54) is 19.4 Å². The highest BCUT2D eigenvalue weighted by atomic mass is 16.1. The highest BCUT2D eigenvalue weighted by Crippen LogP contribution is 2.17. The number of piperidine rings is 1. The van der Waals surface area contributed by atoms with Crippen molar-refractivity contribution in [1.82, 2.24) is 24.0 Å². The first-order valence-corrected chi connectivity index (χ1v) is 11.3. The Hall–Kier alpha value is -3.47. The molecule has 0 bridgehead atoms. The van der Waals surface area contributed by atoms with E-state index in [0.717, 1.165) is 23.0 Å². The zero-order valence-electron chi connectivity index (χ0n) is 19.2. The quantitative estimate of drug-likeness (QED) is 0.494. The molecule has 7 nitrogen and oxygen atoms in total. The maximum Gasteiger partial charge on any atom is 0.278 e. The fourth-order valence-corrected chi connectivity index (χ4v) is 4.20. The number of nitrogens with two attached hydrogens (primary N) is 1. The molecular formula is C26H30N6O. The third-order valence-corrected chi connectivity index (χ3v) is 5.91. The summed E-state index contributed by atoms with van der Waals surface area (Å²) < 4.78 is 3.45. The number of rotatable bonds is 3. The van der Waals surface area contributed by atoms with Crippen molar-refractivity contribution in [1.29, 1.82) is 0 Å². The van der Waals surface area contributed by atoms with Gasteiger partial charge in [-0.3, -0.25) is 14.3 Å². The number of pyridine rings is 1. The summed E-state index contributed by atoms with van der Waals surface area (Å²) in [5.41, 5.74) is 7.72. The van der Waals surface area contributed by atoms with Crippen molar-refractivity contribution >= 4 is 21.8 Å². The maximum atomic E-state index is 12.9. The second-order valence-electron chi connectivity index (χ2n) is 8.43. The minimum atomic E-state index is -0.0809. The zero-order chi connectivity index (χ0) is 23.2. The van der Waals surface area contributed by atoms with Crippen LogP contribution in [0.5, 0.6) is 0 Å². The van der Waals surface area contributed by atoms with Crippen LogP contribution in [0.15, 0.2) is 59.9 Å². The first kappa shape index (κ1) is 22.7. The van der Waals surface area contributed by atoms with Gasteiger partial charge in [-0.25, -0.2) is 4.98 Å². The average molecular weight is 443 g/mol. The van der Waals surface area contributed by atoms with Gasteiger partial charge < -0.3 is 15.2 Å². The Bertz CT molecular complexity index is 1350. The average Bonchev–Trinajstić information content (AvgIpc) is 3.24. The van der Waals surface area contributed by atoms with E-state index >= 15 is 0 Å². The Balaban J connectivity index is 0.000000275. The van der Waals surface area contributed by atoms with Crippen molar-refractivity contribution in [2.45, 2.75) is 38.9 Å². The Labute approximate surface area is 193 Å². The van der Waals surface area contributed by atoms with Crippen molar-refractivity contribution in [3.63, 3.8) is 0 Å². The molecule has 0 spiro atoms. The third-order valence-electron chi connectivity index (χ3n) is 5.91. The van der Waals surface area contributed by atoms with Crippen LogP contribution in [0.4, 0.5) is 0 Å². The van der Waals surface area contributed by atoms with Crippen molar-refractivity contribution in [2.24, 2.45) is 5.73 Å². The molecule has 1 unspecified atom stereocenters. The lowest BCUT2D eigenvalue weighted by Crippen LogP contribution is -2.40. The van der Waals surface area contributed by atoms with Crippen molar-refractivity contribution in [3.05, 3.63) is 71.2 Å². The molecule has 1 aliphatic rings. The van der Waals surface area contributed by atoms with Crippen LogP contribution in [0.3, 0.4) is 0 Å². The fraction of sp³-hybridized carbons (Fsp3) is 0.346. The number of likely N-dealkylation sites (tertiary alicyclic amines) is 1. The zero-order valence-corrected chi connectivity index (χ0v) is 19.2. The number of benzene rings is 1. The summed E-state index contributed by atoms with van der Waals surface area (Å²) >= 11 is 0. The number of hydrogen-bond acceptors (Lipinski definition) is 5. The van der Waals surface area contributed by atoms with Gasteiger partial charge in [0.1, 0.15) is 5.52 Å². The van der Waals surface area contributed by atoms with Crippen LogP contribution >= 0.6 is 0 Å². The molecule has 0 radical (unpaired) electrons. The summed E-state index contributed by atoms with van der Waals surface area (Å²) in [5.74, 6) is 5.84. The van der Waals surface area contributed by atoms with Gasteiger partial charge in [0.05, 0.1) is 30.6 Å². The number of aromatic nitrogens is 4. The first-order chi connectivity index (χ1) is 16.1. The van der Waals surface area contributed by atoms with Gasteiger partial charge in [0, 0.05) is 30.4 Å². The highest BCUT2D eigenvalue weighted by molar-refractivity contribution is 5.84. The number of fused-ring (bicyclic) bond motifs is 2. The molecule has 3 aromatic heterocycles. The molecule has 5 rings (SSSR count). The molecule has 0 amide bonds. The van der Waals surface area contributed by atoms with Crippen LogP contribution in [0.1, 0.15) is 25.5 Å². The normalized spacial score (nSPS) is 16.2. The van der Waals surface area contributed by atoms with Crippen LogP contribution in [0, 0.1) is 11.8 Å². The van der Waals surface area contributed by atoms with Crippen molar-refractivity contribution < 1.29 is 0 Å². The van der Waals surface area contributed by atoms with Crippen LogP contribution < -0.4 is 11.3 Å². The van der Waals surface area contributed by atoms with Crippen molar-refractivity contribution in [3.8, 4) is 11.8 Å². The molecule has 4 heterocycles. The summed E-state index contributed by atoms with van der Waals surface area (Å²) in [6.45, 7) is 4.96. The lowest BCUT2D eigenvalue weighted by atomic mass is 10.1. The molecule has 1 atom stereocenters. The Kier molecular flexibility index (Phi) is 7.18. The summed E-state index contributed by atoms with van der Waals surface area (Å²) in [6.07, 6.45) is 7.70. The molecule has 1 aromatic carbocycles. The van der Waals surface area contributed by atoms with E-state index in [1.54, 1.807) is 24.0 Å². The van der Waals surface area contributed by atoms with E-state index in [9.17, 15) is 4.79 Å². The van der Waals surface area contributed by atoms with E-state index in [2.05, 4.69) is 33.8 Å². The highest BCUT2D eigenvalue weighted by Gasteiger charge is 2.12. The molecule has 0 saturated carbocycles. The van der Waals surface area contributed by atoms with Gasteiger partial charge in [-0.2, -0.15) is 0 Å². The van der Waals surface area contributed by atoms with E-state index in [0.29, 0.717) is 30.2 Å². The fourth-order valence-electron chi connectivity index (χ4n) is 4.20. The minimum Gasteiger partial charge on any atom is -0.330 e. The molecule has 0 aliphatic carbocycles. The van der Waals surface area contributed by atoms with Gasteiger partial charge in [-0.05, 0) is 50.9 Å². The lowest BCUT2D eigenvalue weighted by Gasteiger charge is -2.26. The Morgan fingerprint density at radius 3 is 2.76 bits per heavy atom. The summed E-state index contributed by atoms with van der Waals surface area (Å²) in [6, 6.07) is 12.3. The maximum absolute atomic E-state index is 12.9. The van der Waals surface area contributed by atoms with Gasteiger partial charge in [0.25, 0.3) is 5.56 Å². The van der Waals surface area contributed by atoms with Crippen LogP contribution in [-0.4, -0.2) is 50.2 Å². The van der Waals surface area contributed by atoms with Gasteiger partial charge in [0.2, 0.25) is 0 Å². The second-order valence-corrected chi connectivity index (χ2v) is 8.43. The van der Waals surface area contributed by atoms with E-state index in [4.69, 9.17) is 5.73 Å².